The van der Waals surface area contributed by atoms with Crippen LogP contribution < -0.4 is 0 Å². The minimum Gasteiger partial charge on any atom is -0.378 e. The molecule has 3 rings (SSSR count). The molecule has 3 heteroatoms. The quantitative estimate of drug-likeness (QED) is 0.741. The van der Waals surface area contributed by atoms with E-state index in [2.05, 4.69) is 13.8 Å². The van der Waals surface area contributed by atoms with Gasteiger partial charge in [-0.05, 0) is 64.2 Å². The Morgan fingerprint density at radius 3 is 2.81 bits per heavy atom. The largest absolute Gasteiger partial charge is 0.378 e. The number of epoxide rings is 1. The molecule has 21 heavy (non-hydrogen) atoms. The zero-order valence-corrected chi connectivity index (χ0v) is 13.8. The van der Waals surface area contributed by atoms with Crippen molar-refractivity contribution in [2.24, 2.45) is 17.8 Å². The molecule has 0 aromatic carbocycles. The minimum atomic E-state index is 0.00965. The first-order chi connectivity index (χ1) is 10.0. The van der Waals surface area contributed by atoms with Gasteiger partial charge in [0.15, 0.2) is 0 Å². The van der Waals surface area contributed by atoms with Crippen LogP contribution in [0.4, 0.5) is 0 Å². The molecule has 1 saturated carbocycles. The summed E-state index contributed by atoms with van der Waals surface area (Å²) in [6, 6.07) is 0. The van der Waals surface area contributed by atoms with E-state index in [-0.39, 0.29) is 11.4 Å². The topological polar surface area (TPSA) is 38.8 Å². The molecule has 0 bridgehead atoms. The van der Waals surface area contributed by atoms with E-state index in [0.717, 1.165) is 18.9 Å². The molecule has 120 valence electrons. The van der Waals surface area contributed by atoms with E-state index < -0.39 is 0 Å². The monoisotopic (exact) mass is 294 g/mol. The maximum atomic E-state index is 11.2. The van der Waals surface area contributed by atoms with Crippen molar-refractivity contribution >= 4 is 5.78 Å². The Bertz CT molecular complexity index is 394. The molecule has 0 spiro atoms. The van der Waals surface area contributed by atoms with Gasteiger partial charge < -0.3 is 14.3 Å². The Morgan fingerprint density at radius 2 is 2.05 bits per heavy atom. The van der Waals surface area contributed by atoms with Crippen LogP contribution in [-0.4, -0.2) is 30.2 Å². The van der Waals surface area contributed by atoms with Crippen LogP contribution in [0.25, 0.3) is 0 Å². The molecule has 2 saturated heterocycles. The summed E-state index contributed by atoms with van der Waals surface area (Å²) in [5, 5.41) is 0. The summed E-state index contributed by atoms with van der Waals surface area (Å²) in [6.45, 7) is 7.07. The molecule has 3 nitrogen and oxygen atoms in total. The average molecular weight is 294 g/mol. The van der Waals surface area contributed by atoms with Crippen LogP contribution in [0.5, 0.6) is 0 Å². The second kappa shape index (κ2) is 6.00. The number of carbonyl (C=O) groups is 1. The molecular formula is C18H30O3. The van der Waals surface area contributed by atoms with Crippen molar-refractivity contribution in [3.63, 3.8) is 0 Å². The highest BCUT2D eigenvalue weighted by Gasteiger charge is 2.60. The number of Topliss-reactive ketones (excluding diaryl/α,β-unsaturated/α-hetero) is 1. The Balaban J connectivity index is 1.65. The Morgan fingerprint density at radius 1 is 1.24 bits per heavy atom. The SMILES string of the molecule is CC(=O)CCC1OC1(C)C1CCCC2CCC(C)OCC21. The van der Waals surface area contributed by atoms with Crippen molar-refractivity contribution in [2.75, 3.05) is 6.61 Å². The van der Waals surface area contributed by atoms with Gasteiger partial charge in [-0.1, -0.05) is 12.8 Å². The molecule has 6 unspecified atom stereocenters. The number of hydrogen-bond acceptors (Lipinski definition) is 3. The van der Waals surface area contributed by atoms with Gasteiger partial charge in [-0.15, -0.1) is 0 Å². The Labute approximate surface area is 128 Å². The van der Waals surface area contributed by atoms with Crippen LogP contribution in [0.15, 0.2) is 0 Å². The minimum absolute atomic E-state index is 0.00965. The van der Waals surface area contributed by atoms with Gasteiger partial charge in [-0.2, -0.15) is 0 Å². The first-order valence-corrected chi connectivity index (χ1v) is 8.79. The molecule has 0 aromatic rings. The van der Waals surface area contributed by atoms with Crippen molar-refractivity contribution in [3.05, 3.63) is 0 Å². The molecule has 3 fully saturated rings. The van der Waals surface area contributed by atoms with E-state index in [1.54, 1.807) is 6.92 Å². The fourth-order valence-electron chi connectivity index (χ4n) is 4.77. The number of carbonyl (C=O) groups excluding carboxylic acids is 1. The summed E-state index contributed by atoms with van der Waals surface area (Å²) in [4.78, 5) is 11.2. The number of ketones is 1. The second-order valence-corrected chi connectivity index (χ2v) is 7.71. The van der Waals surface area contributed by atoms with E-state index >= 15 is 0 Å². The fourth-order valence-corrected chi connectivity index (χ4v) is 4.77. The van der Waals surface area contributed by atoms with Crippen LogP contribution in [0.1, 0.15) is 65.7 Å². The molecule has 0 N–H and O–H groups in total. The lowest BCUT2D eigenvalue weighted by molar-refractivity contribution is -0.117. The average Bonchev–Trinajstić information content (AvgIpc) is 3.16. The highest BCUT2D eigenvalue weighted by molar-refractivity contribution is 5.75. The predicted octanol–water partition coefficient (Wildman–Crippen LogP) is 3.74. The van der Waals surface area contributed by atoms with E-state index in [1.165, 1.54) is 32.1 Å². The fraction of sp³-hybridized carbons (Fsp3) is 0.944. The number of ether oxygens (including phenoxy) is 2. The molecule has 0 aromatic heterocycles. The third-order valence-corrected chi connectivity index (χ3v) is 6.20. The van der Waals surface area contributed by atoms with Gasteiger partial charge in [0.05, 0.1) is 24.4 Å². The smallest absolute Gasteiger partial charge is 0.129 e. The molecule has 0 radical (unpaired) electrons. The van der Waals surface area contributed by atoms with Crippen LogP contribution in [-0.2, 0) is 14.3 Å². The van der Waals surface area contributed by atoms with E-state index in [0.29, 0.717) is 30.5 Å². The third kappa shape index (κ3) is 3.19. The van der Waals surface area contributed by atoms with Gasteiger partial charge in [0.25, 0.3) is 0 Å². The maximum absolute atomic E-state index is 11.2. The van der Waals surface area contributed by atoms with Gasteiger partial charge in [-0.25, -0.2) is 0 Å². The maximum Gasteiger partial charge on any atom is 0.129 e. The summed E-state index contributed by atoms with van der Waals surface area (Å²) >= 11 is 0. The Kier molecular flexibility index (Phi) is 4.42. The first-order valence-electron chi connectivity index (χ1n) is 8.79. The van der Waals surface area contributed by atoms with Gasteiger partial charge >= 0.3 is 0 Å². The van der Waals surface area contributed by atoms with Crippen molar-refractivity contribution in [3.8, 4) is 0 Å². The second-order valence-electron chi connectivity index (χ2n) is 7.71. The zero-order chi connectivity index (χ0) is 15.0. The summed E-state index contributed by atoms with van der Waals surface area (Å²) in [7, 11) is 0. The first kappa shape index (κ1) is 15.5. The van der Waals surface area contributed by atoms with Crippen LogP contribution >= 0.6 is 0 Å². The summed E-state index contributed by atoms with van der Waals surface area (Å²) < 4.78 is 12.2. The summed E-state index contributed by atoms with van der Waals surface area (Å²) in [5.41, 5.74) is 0.00965. The van der Waals surface area contributed by atoms with Crippen LogP contribution in [0, 0.1) is 17.8 Å². The van der Waals surface area contributed by atoms with Crippen LogP contribution in [0.3, 0.4) is 0 Å². The lowest BCUT2D eigenvalue weighted by Crippen LogP contribution is -2.39. The lowest BCUT2D eigenvalue weighted by atomic mass is 9.65. The molecule has 2 heterocycles. The molecule has 6 atom stereocenters. The van der Waals surface area contributed by atoms with Crippen LogP contribution in [0.2, 0.25) is 0 Å². The van der Waals surface area contributed by atoms with E-state index in [9.17, 15) is 4.79 Å². The van der Waals surface area contributed by atoms with Gasteiger partial charge in [0, 0.05) is 6.42 Å². The highest BCUT2D eigenvalue weighted by atomic mass is 16.6. The van der Waals surface area contributed by atoms with Gasteiger partial charge in [0.1, 0.15) is 5.78 Å². The Hall–Kier alpha value is -0.410. The van der Waals surface area contributed by atoms with Crippen molar-refractivity contribution in [2.45, 2.75) is 83.5 Å². The van der Waals surface area contributed by atoms with Crippen molar-refractivity contribution < 1.29 is 14.3 Å². The van der Waals surface area contributed by atoms with Crippen molar-refractivity contribution in [1.29, 1.82) is 0 Å². The zero-order valence-electron chi connectivity index (χ0n) is 13.8. The standard InChI is InChI=1S/C18H30O3/c1-12(19)7-10-17-18(3,21-17)16-6-4-5-14-9-8-13(2)20-11-15(14)16/h13-17H,4-11H2,1-3H3. The number of fused-ring (bicyclic) bond motifs is 1. The highest BCUT2D eigenvalue weighted by Crippen LogP contribution is 2.54. The van der Waals surface area contributed by atoms with Gasteiger partial charge in [0.2, 0.25) is 0 Å². The van der Waals surface area contributed by atoms with Crippen molar-refractivity contribution in [1.82, 2.24) is 0 Å². The molecule has 2 aliphatic heterocycles. The summed E-state index contributed by atoms with van der Waals surface area (Å²) in [5.74, 6) is 2.39. The normalized spacial score (nSPS) is 46.5. The van der Waals surface area contributed by atoms with Gasteiger partial charge in [-0.3, -0.25) is 0 Å². The lowest BCUT2D eigenvalue weighted by Gasteiger charge is -2.39. The molecular weight excluding hydrogens is 264 g/mol. The molecule has 3 aliphatic rings. The molecule has 0 amide bonds. The summed E-state index contributed by atoms with van der Waals surface area (Å²) in [6.07, 6.45) is 8.76. The number of hydrogen-bond donors (Lipinski definition) is 0. The molecule has 1 aliphatic carbocycles. The number of rotatable bonds is 4. The van der Waals surface area contributed by atoms with E-state index in [4.69, 9.17) is 9.47 Å². The third-order valence-electron chi connectivity index (χ3n) is 6.20. The predicted molar refractivity (Wildman–Crippen MR) is 82.2 cm³/mol. The van der Waals surface area contributed by atoms with E-state index in [1.807, 2.05) is 0 Å².